The monoisotopic (exact) mass is 614 g/mol. The number of piperidine rings is 2. The van der Waals surface area contributed by atoms with Crippen LogP contribution in [-0.4, -0.2) is 79.1 Å². The summed E-state index contributed by atoms with van der Waals surface area (Å²) in [4.78, 5) is 31.8. The van der Waals surface area contributed by atoms with Gasteiger partial charge in [-0.2, -0.15) is 20.1 Å². The molecule has 12 heteroatoms. The van der Waals surface area contributed by atoms with Gasteiger partial charge in [-0.1, -0.05) is 12.1 Å². The van der Waals surface area contributed by atoms with E-state index in [1.807, 2.05) is 36.4 Å². The lowest BCUT2D eigenvalue weighted by Crippen LogP contribution is -2.34. The number of nitrogens with one attached hydrogen (secondary N) is 1. The number of rotatable bonds is 9. The SMILES string of the molecule is COc1cc(C2CC(c3ccc(Nc4nc(N5CCCCC5)nc(N5CCCCC5)n4)cc3)=NN2C(C)=O)cc(OC)c1OC. The number of anilines is 4. The number of carbonyl (C=O) groups is 1. The Kier molecular flexibility index (Phi) is 9.18. The molecule has 12 nitrogen and oxygen atoms in total. The third-order valence-electron chi connectivity index (χ3n) is 8.67. The van der Waals surface area contributed by atoms with E-state index in [2.05, 4.69) is 15.1 Å². The van der Waals surface area contributed by atoms with Crippen molar-refractivity contribution in [2.45, 2.75) is 57.9 Å². The van der Waals surface area contributed by atoms with Gasteiger partial charge in [-0.25, -0.2) is 5.01 Å². The molecular weight excluding hydrogens is 572 g/mol. The van der Waals surface area contributed by atoms with Gasteiger partial charge in [0.1, 0.15) is 0 Å². The maximum absolute atomic E-state index is 12.7. The predicted molar refractivity (Wildman–Crippen MR) is 174 cm³/mol. The summed E-state index contributed by atoms with van der Waals surface area (Å²) < 4.78 is 16.6. The van der Waals surface area contributed by atoms with Crippen LogP contribution in [-0.2, 0) is 4.79 Å². The molecule has 1 unspecified atom stereocenters. The van der Waals surface area contributed by atoms with Gasteiger partial charge >= 0.3 is 0 Å². The smallest absolute Gasteiger partial charge is 0.240 e. The minimum Gasteiger partial charge on any atom is -0.493 e. The molecule has 45 heavy (non-hydrogen) atoms. The Morgan fingerprint density at radius 2 is 1.33 bits per heavy atom. The number of carbonyl (C=O) groups excluding carboxylic acids is 1. The zero-order valence-corrected chi connectivity index (χ0v) is 26.6. The molecular formula is C33H42N8O4. The van der Waals surface area contributed by atoms with Crippen LogP contribution < -0.4 is 29.3 Å². The predicted octanol–water partition coefficient (Wildman–Crippen LogP) is 5.32. The van der Waals surface area contributed by atoms with E-state index >= 15 is 0 Å². The molecule has 1 atom stereocenters. The van der Waals surface area contributed by atoms with Crippen molar-refractivity contribution in [1.82, 2.24) is 20.0 Å². The minimum absolute atomic E-state index is 0.147. The number of benzene rings is 2. The first kappa shape index (κ1) is 30.4. The Hall–Kier alpha value is -4.61. The number of ether oxygens (including phenoxy) is 3. The molecule has 1 aromatic heterocycles. The molecule has 0 spiro atoms. The average molecular weight is 615 g/mol. The Labute approximate surface area is 264 Å². The van der Waals surface area contributed by atoms with Crippen LogP contribution in [0.1, 0.15) is 69.0 Å². The van der Waals surface area contributed by atoms with Crippen molar-refractivity contribution in [3.05, 3.63) is 47.5 Å². The summed E-state index contributed by atoms with van der Waals surface area (Å²) in [6.07, 6.45) is 7.64. The summed E-state index contributed by atoms with van der Waals surface area (Å²) in [6.45, 7) is 5.39. The summed E-state index contributed by atoms with van der Waals surface area (Å²) in [7, 11) is 4.73. The molecule has 2 aromatic carbocycles. The molecule has 3 aliphatic heterocycles. The van der Waals surface area contributed by atoms with Crippen LogP contribution in [0, 0.1) is 0 Å². The van der Waals surface area contributed by atoms with Crippen molar-refractivity contribution < 1.29 is 19.0 Å². The molecule has 0 aliphatic carbocycles. The van der Waals surface area contributed by atoms with Crippen molar-refractivity contribution in [3.8, 4) is 17.2 Å². The lowest BCUT2D eigenvalue weighted by Gasteiger charge is -2.30. The summed E-state index contributed by atoms with van der Waals surface area (Å²) in [5, 5.41) is 9.68. The van der Waals surface area contributed by atoms with E-state index in [1.165, 1.54) is 24.8 Å². The quantitative estimate of drug-likeness (QED) is 0.339. The van der Waals surface area contributed by atoms with E-state index in [-0.39, 0.29) is 11.9 Å². The third kappa shape index (κ3) is 6.59. The Morgan fingerprint density at radius 1 is 0.778 bits per heavy atom. The summed E-state index contributed by atoms with van der Waals surface area (Å²) in [5.74, 6) is 3.45. The van der Waals surface area contributed by atoms with Gasteiger partial charge in [-0.15, -0.1) is 0 Å². The largest absolute Gasteiger partial charge is 0.493 e. The second-order valence-corrected chi connectivity index (χ2v) is 11.6. The van der Waals surface area contributed by atoms with Gasteiger partial charge < -0.3 is 29.3 Å². The number of aromatic nitrogens is 3. The summed E-state index contributed by atoms with van der Waals surface area (Å²) >= 11 is 0. The Morgan fingerprint density at radius 3 is 1.82 bits per heavy atom. The highest BCUT2D eigenvalue weighted by atomic mass is 16.5. The van der Waals surface area contributed by atoms with Crippen LogP contribution in [0.2, 0.25) is 0 Å². The Balaban J connectivity index is 1.23. The molecule has 3 aliphatic rings. The van der Waals surface area contributed by atoms with Crippen LogP contribution in [0.25, 0.3) is 0 Å². The van der Waals surface area contributed by atoms with Gasteiger partial charge in [-0.3, -0.25) is 4.79 Å². The van der Waals surface area contributed by atoms with Gasteiger partial charge in [-0.05, 0) is 73.9 Å². The normalized spacial score (nSPS) is 18.4. The van der Waals surface area contributed by atoms with Crippen molar-refractivity contribution in [1.29, 1.82) is 0 Å². The van der Waals surface area contributed by atoms with Crippen LogP contribution in [0.4, 0.5) is 23.5 Å². The highest BCUT2D eigenvalue weighted by Crippen LogP contribution is 2.43. The van der Waals surface area contributed by atoms with Crippen LogP contribution in [0.3, 0.4) is 0 Å². The van der Waals surface area contributed by atoms with E-state index < -0.39 is 0 Å². The van der Waals surface area contributed by atoms with E-state index in [4.69, 9.17) is 34.3 Å². The molecule has 3 aromatic rings. The molecule has 0 saturated carbocycles. The van der Waals surface area contributed by atoms with Crippen LogP contribution in [0.5, 0.6) is 17.2 Å². The number of methoxy groups -OCH3 is 3. The number of hydrogen-bond donors (Lipinski definition) is 1. The topological polar surface area (TPSA) is 118 Å². The molecule has 6 rings (SSSR count). The first-order valence-electron chi connectivity index (χ1n) is 15.8. The zero-order valence-electron chi connectivity index (χ0n) is 26.6. The molecule has 238 valence electrons. The first-order valence-corrected chi connectivity index (χ1v) is 15.8. The van der Waals surface area contributed by atoms with Gasteiger partial charge in [0.25, 0.3) is 0 Å². The molecule has 2 saturated heterocycles. The average Bonchev–Trinajstić information content (AvgIpc) is 3.55. The molecule has 4 heterocycles. The molecule has 0 bridgehead atoms. The Bertz CT molecular complexity index is 1470. The first-order chi connectivity index (χ1) is 22.0. The molecule has 1 amide bonds. The van der Waals surface area contributed by atoms with Crippen LogP contribution >= 0.6 is 0 Å². The number of nitrogens with zero attached hydrogens (tertiary/aromatic N) is 7. The van der Waals surface area contributed by atoms with Gasteiger partial charge in [0.05, 0.1) is 33.1 Å². The van der Waals surface area contributed by atoms with Gasteiger partial charge in [0.15, 0.2) is 11.5 Å². The second-order valence-electron chi connectivity index (χ2n) is 11.6. The fourth-order valence-corrected chi connectivity index (χ4v) is 6.28. The number of hydrazone groups is 1. The fraction of sp³-hybridized carbons (Fsp3) is 0.485. The van der Waals surface area contributed by atoms with Crippen molar-refractivity contribution in [3.63, 3.8) is 0 Å². The maximum Gasteiger partial charge on any atom is 0.240 e. The van der Waals surface area contributed by atoms with E-state index in [0.717, 1.165) is 86.3 Å². The number of amides is 1. The lowest BCUT2D eigenvalue weighted by molar-refractivity contribution is -0.130. The van der Waals surface area contributed by atoms with Crippen molar-refractivity contribution in [2.75, 3.05) is 62.6 Å². The highest BCUT2D eigenvalue weighted by molar-refractivity contribution is 6.03. The van der Waals surface area contributed by atoms with E-state index in [9.17, 15) is 4.79 Å². The van der Waals surface area contributed by atoms with E-state index in [1.54, 1.807) is 21.3 Å². The standard InChI is InChI=1S/C33H42N8O4/c1-22(42)41-27(24-19-28(43-2)30(45-4)29(20-24)44-3)21-26(38-41)23-11-13-25(14-12-23)34-31-35-32(39-15-7-5-8-16-39)37-33(36-31)40-17-9-6-10-18-40/h11-14,19-20,27H,5-10,15-18,21H2,1-4H3,(H,34,35,36,37). The lowest BCUT2D eigenvalue weighted by atomic mass is 9.97. The molecule has 2 fully saturated rings. The minimum atomic E-state index is -0.310. The van der Waals surface area contributed by atoms with Crippen molar-refractivity contribution >= 4 is 35.2 Å². The second kappa shape index (κ2) is 13.6. The third-order valence-corrected chi connectivity index (χ3v) is 8.67. The van der Waals surface area contributed by atoms with Crippen LogP contribution in [0.15, 0.2) is 41.5 Å². The van der Waals surface area contributed by atoms with Crippen molar-refractivity contribution in [2.24, 2.45) is 5.10 Å². The maximum atomic E-state index is 12.7. The summed E-state index contributed by atoms with van der Waals surface area (Å²) in [5.41, 5.74) is 3.46. The number of hydrogen-bond acceptors (Lipinski definition) is 11. The molecule has 1 N–H and O–H groups in total. The van der Waals surface area contributed by atoms with Gasteiger partial charge in [0, 0.05) is 45.2 Å². The highest BCUT2D eigenvalue weighted by Gasteiger charge is 2.33. The van der Waals surface area contributed by atoms with Gasteiger partial charge in [0.2, 0.25) is 29.5 Å². The fourth-order valence-electron chi connectivity index (χ4n) is 6.28. The van der Waals surface area contributed by atoms with E-state index in [0.29, 0.717) is 29.6 Å². The summed E-state index contributed by atoms with van der Waals surface area (Å²) in [6, 6.07) is 11.4. The molecule has 0 radical (unpaired) electrons. The zero-order chi connectivity index (χ0) is 31.3.